The fourth-order valence-corrected chi connectivity index (χ4v) is 1.34. The Bertz CT molecular complexity index is 424. The summed E-state index contributed by atoms with van der Waals surface area (Å²) in [6, 6.07) is 0. The van der Waals surface area contributed by atoms with Crippen LogP contribution in [0.3, 0.4) is 0 Å². The maximum Gasteiger partial charge on any atom is 0.113 e. The molecule has 14 heavy (non-hydrogen) atoms. The zero-order valence-electron chi connectivity index (χ0n) is 8.11. The fourth-order valence-electron chi connectivity index (χ4n) is 1.34. The Balaban J connectivity index is 0.000000980. The van der Waals surface area contributed by atoms with Crippen LogP contribution in [-0.4, -0.2) is 19.5 Å². The largest absolute Gasteiger partial charge is 0.332 e. The van der Waals surface area contributed by atoms with Crippen LogP contribution in [0.2, 0.25) is 0 Å². The third kappa shape index (κ3) is 1.66. The van der Waals surface area contributed by atoms with E-state index in [1.165, 1.54) is 0 Å². The zero-order chi connectivity index (χ0) is 9.26. The Kier molecular flexibility index (Phi) is 3.62. The van der Waals surface area contributed by atoms with Gasteiger partial charge >= 0.3 is 0 Å². The monoisotopic (exact) mass is 362 g/mol. The van der Waals surface area contributed by atoms with Crippen molar-refractivity contribution in [1.82, 2.24) is 19.5 Å². The molecule has 0 bridgehead atoms. The fraction of sp³-hybridized carbons (Fsp3) is 0.333. The van der Waals surface area contributed by atoms with Gasteiger partial charge in [0.25, 0.3) is 0 Å². The van der Waals surface area contributed by atoms with Gasteiger partial charge in [-0.1, -0.05) is 5.69 Å². The van der Waals surface area contributed by atoms with E-state index in [1.54, 1.807) is 12.7 Å². The van der Waals surface area contributed by atoms with Gasteiger partial charge < -0.3 is 9.55 Å². The van der Waals surface area contributed by atoms with E-state index in [0.717, 1.165) is 23.4 Å². The van der Waals surface area contributed by atoms with Gasteiger partial charge in [0.15, 0.2) is 0 Å². The second kappa shape index (κ2) is 4.54. The summed E-state index contributed by atoms with van der Waals surface area (Å²) >= 11 is 0. The topological polar surface area (TPSA) is 43.6 Å². The molecule has 0 unspecified atom stereocenters. The quantitative estimate of drug-likeness (QED) is 0.760. The number of aromatic nitrogens is 4. The molecule has 0 aliphatic rings. The second-order valence-corrected chi connectivity index (χ2v) is 2.75. The SMILES string of the molecule is C[CH-]c1ncnc2c1ncn2CC.[Re]. The average molecular weight is 361 g/mol. The Morgan fingerprint density at radius 1 is 1.36 bits per heavy atom. The van der Waals surface area contributed by atoms with Crippen LogP contribution < -0.4 is 0 Å². The van der Waals surface area contributed by atoms with Crippen LogP contribution >= 0.6 is 0 Å². The van der Waals surface area contributed by atoms with Gasteiger partial charge in [0.05, 0.1) is 12.0 Å². The zero-order valence-corrected chi connectivity index (χ0v) is 10.8. The maximum atomic E-state index is 4.27. The van der Waals surface area contributed by atoms with E-state index in [-0.39, 0.29) is 20.4 Å². The van der Waals surface area contributed by atoms with Crippen molar-refractivity contribution in [1.29, 1.82) is 0 Å². The molecule has 2 rings (SSSR count). The van der Waals surface area contributed by atoms with Gasteiger partial charge in [0, 0.05) is 27.0 Å². The van der Waals surface area contributed by atoms with Gasteiger partial charge in [0.2, 0.25) is 0 Å². The predicted molar refractivity (Wildman–Crippen MR) is 50.1 cm³/mol. The number of hydrogen-bond acceptors (Lipinski definition) is 3. The first-order chi connectivity index (χ1) is 6.36. The molecule has 0 saturated heterocycles. The number of nitrogens with zero attached hydrogens (tertiary/aromatic N) is 4. The minimum Gasteiger partial charge on any atom is -0.332 e. The van der Waals surface area contributed by atoms with Crippen molar-refractivity contribution in [2.24, 2.45) is 0 Å². The molecule has 0 saturated carbocycles. The van der Waals surface area contributed by atoms with Crippen LogP contribution in [0.25, 0.3) is 11.2 Å². The summed E-state index contributed by atoms with van der Waals surface area (Å²) in [6.07, 6.45) is 5.31. The Morgan fingerprint density at radius 3 is 2.79 bits per heavy atom. The summed E-state index contributed by atoms with van der Waals surface area (Å²) in [7, 11) is 0. The Morgan fingerprint density at radius 2 is 2.14 bits per heavy atom. The number of fused-ring (bicyclic) bond motifs is 1. The van der Waals surface area contributed by atoms with Crippen LogP contribution in [-0.2, 0) is 27.0 Å². The smallest absolute Gasteiger partial charge is 0.113 e. The molecule has 75 valence electrons. The first-order valence-corrected chi connectivity index (χ1v) is 4.32. The van der Waals surface area contributed by atoms with Crippen molar-refractivity contribution in [2.45, 2.75) is 20.4 Å². The molecule has 0 aromatic carbocycles. The standard InChI is InChI=1S/C9H11N4.Re/c1-3-7-8-9(11-5-10-7)13(4-2)6-12-8;/h3,5-6H,4H2,1-2H3;/q-1;. The molecule has 0 aliphatic heterocycles. The van der Waals surface area contributed by atoms with E-state index < -0.39 is 0 Å². The summed E-state index contributed by atoms with van der Waals surface area (Å²) in [5.41, 5.74) is 2.69. The van der Waals surface area contributed by atoms with Gasteiger partial charge in [-0.15, -0.1) is 6.92 Å². The minimum absolute atomic E-state index is 0. The number of aryl methyl sites for hydroxylation is 1. The van der Waals surface area contributed by atoms with Gasteiger partial charge in [-0.3, -0.25) is 4.98 Å². The first kappa shape index (κ1) is 11.2. The number of hydrogen-bond donors (Lipinski definition) is 0. The number of imidazole rings is 1. The van der Waals surface area contributed by atoms with Crippen LogP contribution in [0.1, 0.15) is 19.5 Å². The van der Waals surface area contributed by atoms with Crippen molar-refractivity contribution >= 4 is 11.2 Å². The maximum absolute atomic E-state index is 4.27. The summed E-state index contributed by atoms with van der Waals surface area (Å²) in [5, 5.41) is 0. The average Bonchev–Trinajstić information content (AvgIpc) is 2.60. The molecule has 0 amide bonds. The molecule has 4 nitrogen and oxygen atoms in total. The summed E-state index contributed by atoms with van der Waals surface area (Å²) in [6.45, 7) is 4.90. The van der Waals surface area contributed by atoms with Crippen LogP contribution in [0.4, 0.5) is 0 Å². The predicted octanol–water partition coefficient (Wildman–Crippen LogP) is 1.42. The molecule has 2 aromatic rings. The Labute approximate surface area is 96.4 Å². The molecule has 0 fully saturated rings. The normalized spacial score (nSPS) is 9.86. The number of rotatable bonds is 2. The molecule has 0 atom stereocenters. The third-order valence-electron chi connectivity index (χ3n) is 2.04. The van der Waals surface area contributed by atoms with E-state index in [2.05, 4.69) is 21.9 Å². The van der Waals surface area contributed by atoms with E-state index in [0.29, 0.717) is 0 Å². The van der Waals surface area contributed by atoms with E-state index in [9.17, 15) is 0 Å². The van der Waals surface area contributed by atoms with E-state index in [4.69, 9.17) is 0 Å². The Hall–Kier alpha value is -0.918. The molecule has 2 aromatic heterocycles. The third-order valence-corrected chi connectivity index (χ3v) is 2.04. The molecule has 5 heteroatoms. The summed E-state index contributed by atoms with van der Waals surface area (Å²) in [4.78, 5) is 12.6. The molecule has 2 heterocycles. The van der Waals surface area contributed by atoms with Crippen molar-refractivity contribution in [3.05, 3.63) is 24.8 Å². The second-order valence-electron chi connectivity index (χ2n) is 2.75. The van der Waals surface area contributed by atoms with Crippen molar-refractivity contribution in [3.8, 4) is 0 Å². The molecular weight excluding hydrogens is 350 g/mol. The van der Waals surface area contributed by atoms with Crippen molar-refractivity contribution in [3.63, 3.8) is 0 Å². The van der Waals surface area contributed by atoms with Gasteiger partial charge in [-0.05, 0) is 12.4 Å². The van der Waals surface area contributed by atoms with Crippen molar-refractivity contribution in [2.75, 3.05) is 0 Å². The molecule has 0 N–H and O–H groups in total. The van der Waals surface area contributed by atoms with E-state index in [1.807, 2.05) is 17.9 Å². The summed E-state index contributed by atoms with van der Waals surface area (Å²) < 4.78 is 2.00. The van der Waals surface area contributed by atoms with Crippen LogP contribution in [0.15, 0.2) is 12.7 Å². The van der Waals surface area contributed by atoms with E-state index >= 15 is 0 Å². The molecule has 0 spiro atoms. The first-order valence-electron chi connectivity index (χ1n) is 4.32. The van der Waals surface area contributed by atoms with Crippen LogP contribution in [0, 0.1) is 6.42 Å². The van der Waals surface area contributed by atoms with Crippen molar-refractivity contribution < 1.29 is 20.4 Å². The van der Waals surface area contributed by atoms with Gasteiger partial charge in [0.1, 0.15) is 6.33 Å². The minimum atomic E-state index is 0. The van der Waals surface area contributed by atoms with Crippen LogP contribution in [0.5, 0.6) is 0 Å². The molecule has 0 aliphatic carbocycles. The molecular formula is C9H11N4Re-. The van der Waals surface area contributed by atoms with Gasteiger partial charge in [-0.2, -0.15) is 0 Å². The summed E-state index contributed by atoms with van der Waals surface area (Å²) in [5.74, 6) is 0. The molecule has 1 radical (unpaired) electrons. The van der Waals surface area contributed by atoms with Gasteiger partial charge in [-0.25, -0.2) is 11.4 Å².